The first-order chi connectivity index (χ1) is 24.1. The van der Waals surface area contributed by atoms with Gasteiger partial charge in [0.1, 0.15) is 35.8 Å². The number of ether oxygens (including phenoxy) is 2. The summed E-state index contributed by atoms with van der Waals surface area (Å²) >= 11 is 0. The highest BCUT2D eigenvalue weighted by Crippen LogP contribution is 2.35. The second kappa shape index (κ2) is 13.4. The van der Waals surface area contributed by atoms with E-state index in [1.54, 1.807) is 22.5 Å². The first kappa shape index (κ1) is 33.0. The van der Waals surface area contributed by atoms with Crippen LogP contribution < -0.4 is 15.6 Å². The Kier molecular flexibility index (Phi) is 8.84. The van der Waals surface area contributed by atoms with Crippen molar-refractivity contribution in [1.82, 2.24) is 38.5 Å². The van der Waals surface area contributed by atoms with E-state index in [2.05, 4.69) is 25.0 Å². The molecule has 7 aromatic rings. The molecule has 12 nitrogen and oxygen atoms in total. The zero-order chi connectivity index (χ0) is 35.0. The van der Waals surface area contributed by atoms with Crippen molar-refractivity contribution in [3.63, 3.8) is 0 Å². The summed E-state index contributed by atoms with van der Waals surface area (Å²) in [7, 11) is 0.384. The van der Waals surface area contributed by atoms with Gasteiger partial charge in [-0.2, -0.15) is 10.2 Å². The molecule has 5 heterocycles. The van der Waals surface area contributed by atoms with Crippen molar-refractivity contribution < 1.29 is 9.47 Å². The van der Waals surface area contributed by atoms with Crippen molar-refractivity contribution in [3.05, 3.63) is 113 Å². The molecular formula is C37H41N9O3Si. The van der Waals surface area contributed by atoms with Gasteiger partial charge < -0.3 is 19.4 Å². The van der Waals surface area contributed by atoms with Gasteiger partial charge in [0.25, 0.3) is 5.56 Å². The highest BCUT2D eigenvalue weighted by Gasteiger charge is 2.24. The predicted molar refractivity (Wildman–Crippen MR) is 198 cm³/mol. The SMILES string of the molecule is COc1cccc(-n2ccc(-c3cn(COCC[Si](C)(C)C)c4ncnc(NC(C)c5nn6ccc(C)c6c(=O)n5-c5ccccc5)c34)n2)c1. The predicted octanol–water partition coefficient (Wildman–Crippen LogP) is 6.89. The van der Waals surface area contributed by atoms with E-state index in [0.717, 1.165) is 45.4 Å². The second-order valence-corrected chi connectivity index (χ2v) is 19.2. The number of hydrogen-bond donors (Lipinski definition) is 1. The molecule has 0 radical (unpaired) electrons. The number of fused-ring (bicyclic) bond motifs is 2. The summed E-state index contributed by atoms with van der Waals surface area (Å²) < 4.78 is 18.8. The highest BCUT2D eigenvalue weighted by molar-refractivity contribution is 6.76. The monoisotopic (exact) mass is 687 g/mol. The fourth-order valence-corrected chi connectivity index (χ4v) is 6.80. The topological polar surface area (TPSA) is 118 Å². The molecule has 5 aromatic heterocycles. The van der Waals surface area contributed by atoms with E-state index in [-0.39, 0.29) is 5.56 Å². The molecule has 13 heteroatoms. The first-order valence-electron chi connectivity index (χ1n) is 16.7. The van der Waals surface area contributed by atoms with Crippen LogP contribution in [0.3, 0.4) is 0 Å². The summed E-state index contributed by atoms with van der Waals surface area (Å²) in [6, 6.07) is 21.8. The van der Waals surface area contributed by atoms with Crippen LogP contribution in [0.1, 0.15) is 24.4 Å². The Bertz CT molecular complexity index is 2350. The van der Waals surface area contributed by atoms with Crippen molar-refractivity contribution in [3.8, 4) is 28.4 Å². The van der Waals surface area contributed by atoms with E-state index < -0.39 is 14.1 Å². The third-order valence-electron chi connectivity index (χ3n) is 8.73. The Balaban J connectivity index is 1.32. The molecule has 1 atom stereocenters. The number of aryl methyl sites for hydroxylation is 1. The summed E-state index contributed by atoms with van der Waals surface area (Å²) in [5, 5.41) is 14.3. The van der Waals surface area contributed by atoms with Crippen LogP contribution in [-0.4, -0.2) is 60.3 Å². The lowest BCUT2D eigenvalue weighted by atomic mass is 10.1. The molecule has 50 heavy (non-hydrogen) atoms. The molecule has 256 valence electrons. The van der Waals surface area contributed by atoms with Crippen molar-refractivity contribution in [1.29, 1.82) is 0 Å². The summed E-state index contributed by atoms with van der Waals surface area (Å²) in [5.41, 5.74) is 5.16. The fraction of sp³-hybridized carbons (Fsp3) is 0.270. The Morgan fingerprint density at radius 3 is 2.52 bits per heavy atom. The lowest BCUT2D eigenvalue weighted by Crippen LogP contribution is -2.29. The van der Waals surface area contributed by atoms with Crippen molar-refractivity contribution >= 4 is 30.4 Å². The molecular weight excluding hydrogens is 647 g/mol. The zero-order valence-corrected chi connectivity index (χ0v) is 30.2. The maximum atomic E-state index is 14.0. The van der Waals surface area contributed by atoms with E-state index in [4.69, 9.17) is 29.6 Å². The quantitative estimate of drug-likeness (QED) is 0.109. The number of benzene rings is 2. The average molecular weight is 688 g/mol. The number of aromatic nitrogens is 8. The average Bonchev–Trinajstić information content (AvgIpc) is 3.84. The van der Waals surface area contributed by atoms with E-state index >= 15 is 0 Å². The molecule has 0 saturated heterocycles. The molecule has 1 unspecified atom stereocenters. The Morgan fingerprint density at radius 1 is 0.940 bits per heavy atom. The van der Waals surface area contributed by atoms with Gasteiger partial charge in [-0.15, -0.1) is 0 Å². The molecule has 0 fully saturated rings. The molecule has 0 spiro atoms. The lowest BCUT2D eigenvalue weighted by Gasteiger charge is -2.20. The van der Waals surface area contributed by atoms with Gasteiger partial charge in [-0.05, 0) is 61.9 Å². The molecule has 0 aliphatic rings. The molecule has 2 aromatic carbocycles. The maximum Gasteiger partial charge on any atom is 0.282 e. The summed E-state index contributed by atoms with van der Waals surface area (Å²) in [6.45, 7) is 11.9. The fourth-order valence-electron chi connectivity index (χ4n) is 6.04. The van der Waals surface area contributed by atoms with Crippen LogP contribution in [0, 0.1) is 6.92 Å². The van der Waals surface area contributed by atoms with Gasteiger partial charge in [0, 0.05) is 44.9 Å². The van der Waals surface area contributed by atoms with Crippen LogP contribution in [0.4, 0.5) is 5.82 Å². The number of methoxy groups -OCH3 is 1. The van der Waals surface area contributed by atoms with E-state index in [1.165, 1.54) is 0 Å². The van der Waals surface area contributed by atoms with Crippen LogP contribution >= 0.6 is 0 Å². The Morgan fingerprint density at radius 2 is 1.74 bits per heavy atom. The van der Waals surface area contributed by atoms with E-state index in [9.17, 15) is 4.79 Å². The van der Waals surface area contributed by atoms with Gasteiger partial charge in [-0.3, -0.25) is 9.36 Å². The van der Waals surface area contributed by atoms with Crippen LogP contribution in [-0.2, 0) is 11.5 Å². The minimum Gasteiger partial charge on any atom is -0.497 e. The maximum absolute atomic E-state index is 14.0. The van der Waals surface area contributed by atoms with Crippen molar-refractivity contribution in [2.75, 3.05) is 19.0 Å². The number of nitrogens with zero attached hydrogens (tertiary/aromatic N) is 8. The van der Waals surface area contributed by atoms with Crippen molar-refractivity contribution in [2.24, 2.45) is 0 Å². The number of anilines is 1. The molecule has 0 amide bonds. The summed E-state index contributed by atoms with van der Waals surface area (Å²) in [5.74, 6) is 1.87. The molecule has 0 bridgehead atoms. The Hall–Kier alpha value is -5.53. The number of nitrogens with one attached hydrogen (secondary N) is 1. The van der Waals surface area contributed by atoms with Crippen LogP contribution in [0.25, 0.3) is 39.2 Å². The lowest BCUT2D eigenvalue weighted by molar-refractivity contribution is 0.0899. The standard InChI is InChI=1S/C37H41N9O3Si/c1-25-15-17-45-33(25)37(47)46(27-11-8-7-9-12-27)35(42-45)26(2)40-34-32-30(31-16-18-44(41-31)28-13-10-14-29(21-28)48-3)22-43(36(32)39-23-38-34)24-49-19-20-50(4,5)6/h7-18,21-23,26H,19-20,24H2,1-6H3,(H,38,39,40). The first-order valence-corrected chi connectivity index (χ1v) is 20.4. The smallest absolute Gasteiger partial charge is 0.282 e. The minimum absolute atomic E-state index is 0.143. The van der Waals surface area contributed by atoms with Gasteiger partial charge in [0.15, 0.2) is 5.82 Å². The van der Waals surface area contributed by atoms with Gasteiger partial charge in [-0.25, -0.2) is 19.2 Å². The van der Waals surface area contributed by atoms with Gasteiger partial charge >= 0.3 is 0 Å². The van der Waals surface area contributed by atoms with E-state index in [0.29, 0.717) is 36.1 Å². The zero-order valence-electron chi connectivity index (χ0n) is 29.2. The van der Waals surface area contributed by atoms with Crippen LogP contribution in [0.15, 0.2) is 96.4 Å². The molecule has 0 aliphatic heterocycles. The largest absolute Gasteiger partial charge is 0.497 e. The summed E-state index contributed by atoms with van der Waals surface area (Å²) in [6.07, 6.45) is 7.31. The Labute approximate surface area is 291 Å². The van der Waals surface area contributed by atoms with Gasteiger partial charge in [0.05, 0.1) is 35.6 Å². The molecule has 0 saturated carbocycles. The molecule has 1 N–H and O–H groups in total. The van der Waals surface area contributed by atoms with Gasteiger partial charge in [0.2, 0.25) is 0 Å². The summed E-state index contributed by atoms with van der Waals surface area (Å²) in [4.78, 5) is 23.5. The van der Waals surface area contributed by atoms with E-state index in [1.807, 2.05) is 108 Å². The highest BCUT2D eigenvalue weighted by atomic mass is 28.3. The normalized spacial score (nSPS) is 12.5. The third kappa shape index (κ3) is 6.44. The molecule has 7 rings (SSSR count). The number of hydrogen-bond acceptors (Lipinski definition) is 8. The van der Waals surface area contributed by atoms with Crippen molar-refractivity contribution in [2.45, 2.75) is 52.3 Å². The van der Waals surface area contributed by atoms with Crippen LogP contribution in [0.5, 0.6) is 5.75 Å². The second-order valence-electron chi connectivity index (χ2n) is 13.6. The van der Waals surface area contributed by atoms with Crippen LogP contribution in [0.2, 0.25) is 25.7 Å². The number of para-hydroxylation sites is 1. The van der Waals surface area contributed by atoms with Gasteiger partial charge in [-0.1, -0.05) is 43.9 Å². The minimum atomic E-state index is -1.27. The third-order valence-corrected chi connectivity index (χ3v) is 10.4. The number of rotatable bonds is 12. The molecule has 0 aliphatic carbocycles.